The van der Waals surface area contributed by atoms with Crippen molar-refractivity contribution in [1.29, 1.82) is 0 Å². The summed E-state index contributed by atoms with van der Waals surface area (Å²) in [7, 11) is 0. The number of aliphatic hydroxyl groups excluding tert-OH is 2. The van der Waals surface area contributed by atoms with Crippen LogP contribution in [0.2, 0.25) is 0 Å². The second-order valence-corrected chi connectivity index (χ2v) is 7.59. The quantitative estimate of drug-likeness (QED) is 0.722. The summed E-state index contributed by atoms with van der Waals surface area (Å²) in [6.07, 6.45) is 4.27. The Bertz CT molecular complexity index is 673. The van der Waals surface area contributed by atoms with Crippen LogP contribution in [0.5, 0.6) is 0 Å². The number of aliphatic hydroxyl groups is 2. The van der Waals surface area contributed by atoms with Gasteiger partial charge in [-0.2, -0.15) is 0 Å². The number of rotatable bonds is 2. The summed E-state index contributed by atoms with van der Waals surface area (Å²) in [6, 6.07) is 9.60. The van der Waals surface area contributed by atoms with Crippen LogP contribution >= 0.6 is 0 Å². The maximum absolute atomic E-state index is 10.2. The van der Waals surface area contributed by atoms with Gasteiger partial charge in [-0.05, 0) is 36.9 Å². The molecule has 4 heteroatoms. The second kappa shape index (κ2) is 4.82. The predicted molar refractivity (Wildman–Crippen MR) is 89.4 cm³/mol. The standard InChI is InChI=1S/C19H24N2O2/c22-8-5-12-10-21-7-6-19-15-3-1-2-4-16(15)20-18(19)14(11-23)13(12)9-17(19)21/h1-5,13-14,17-18,20,22-23H,6-11H2/b12-5+/t13-,14-,17-,18-,19+/m0/s1. The molecule has 3 fully saturated rings. The SMILES string of the molecule is OC/C=C1\CN2CC[C@]34c5ccccc5N[C@H]3[C@@H](CO)[C@H]1C[C@H]24. The number of nitrogens with zero attached hydrogens (tertiary/aromatic N) is 1. The van der Waals surface area contributed by atoms with E-state index in [4.69, 9.17) is 0 Å². The zero-order chi connectivity index (χ0) is 15.6. The Kier molecular flexibility index (Phi) is 2.94. The number of nitrogens with one attached hydrogen (secondary N) is 1. The normalized spacial score (nSPS) is 42.4. The summed E-state index contributed by atoms with van der Waals surface area (Å²) in [5, 5.41) is 23.4. The molecule has 2 saturated heterocycles. The number of piperidine rings is 1. The Morgan fingerprint density at radius 3 is 3.00 bits per heavy atom. The van der Waals surface area contributed by atoms with Crippen LogP contribution in [0.25, 0.3) is 0 Å². The predicted octanol–water partition coefficient (Wildman–Crippen LogP) is 1.35. The van der Waals surface area contributed by atoms with Crippen LogP contribution in [-0.2, 0) is 5.41 Å². The fourth-order valence-electron chi connectivity index (χ4n) is 6.16. The number of para-hydroxylation sites is 1. The molecule has 4 aliphatic rings. The van der Waals surface area contributed by atoms with E-state index in [1.54, 1.807) is 0 Å². The Balaban J connectivity index is 1.67. The summed E-state index contributed by atoms with van der Waals surface area (Å²) in [6.45, 7) is 2.40. The largest absolute Gasteiger partial charge is 0.396 e. The van der Waals surface area contributed by atoms with Gasteiger partial charge >= 0.3 is 0 Å². The average Bonchev–Trinajstić information content (AvgIpc) is 3.12. The van der Waals surface area contributed by atoms with E-state index in [1.165, 1.54) is 23.2 Å². The molecular weight excluding hydrogens is 288 g/mol. The number of hydrogen-bond donors (Lipinski definition) is 3. The molecule has 2 bridgehead atoms. The fraction of sp³-hybridized carbons (Fsp3) is 0.579. The molecule has 1 saturated carbocycles. The van der Waals surface area contributed by atoms with Gasteiger partial charge in [0.1, 0.15) is 0 Å². The van der Waals surface area contributed by atoms with E-state index in [0.717, 1.165) is 19.5 Å². The topological polar surface area (TPSA) is 55.7 Å². The van der Waals surface area contributed by atoms with Crippen LogP contribution < -0.4 is 5.32 Å². The summed E-state index contributed by atoms with van der Waals surface area (Å²) < 4.78 is 0. The van der Waals surface area contributed by atoms with Gasteiger partial charge in [0.15, 0.2) is 0 Å². The third-order valence-electron chi connectivity index (χ3n) is 6.99. The van der Waals surface area contributed by atoms with Gasteiger partial charge in [-0.3, -0.25) is 4.90 Å². The van der Waals surface area contributed by atoms with Gasteiger partial charge in [-0.25, -0.2) is 0 Å². The smallest absolute Gasteiger partial charge is 0.0615 e. The van der Waals surface area contributed by atoms with Crippen molar-refractivity contribution in [2.75, 3.05) is 31.6 Å². The van der Waals surface area contributed by atoms with Crippen molar-refractivity contribution in [2.45, 2.75) is 30.3 Å². The van der Waals surface area contributed by atoms with E-state index >= 15 is 0 Å². The highest BCUT2D eigenvalue weighted by atomic mass is 16.3. The van der Waals surface area contributed by atoms with Gasteiger partial charge in [0.25, 0.3) is 0 Å². The van der Waals surface area contributed by atoms with Crippen LogP contribution in [0, 0.1) is 11.8 Å². The molecule has 23 heavy (non-hydrogen) atoms. The summed E-state index contributed by atoms with van der Waals surface area (Å²) in [5.41, 5.74) is 4.21. The van der Waals surface area contributed by atoms with Gasteiger partial charge < -0.3 is 15.5 Å². The lowest BCUT2D eigenvalue weighted by Crippen LogP contribution is -2.62. The molecule has 0 aromatic heterocycles. The minimum absolute atomic E-state index is 0.103. The van der Waals surface area contributed by atoms with Crippen molar-refractivity contribution in [3.63, 3.8) is 0 Å². The molecule has 1 aromatic rings. The summed E-state index contributed by atoms with van der Waals surface area (Å²) in [4.78, 5) is 2.61. The van der Waals surface area contributed by atoms with Gasteiger partial charge in [-0.1, -0.05) is 29.8 Å². The van der Waals surface area contributed by atoms with Crippen LogP contribution in [0.4, 0.5) is 5.69 Å². The van der Waals surface area contributed by atoms with E-state index in [-0.39, 0.29) is 24.5 Å². The first kappa shape index (κ1) is 14.0. The molecule has 4 nitrogen and oxygen atoms in total. The van der Waals surface area contributed by atoms with Gasteiger partial charge in [0.2, 0.25) is 0 Å². The molecule has 1 aromatic carbocycles. The van der Waals surface area contributed by atoms with Crippen LogP contribution in [0.3, 0.4) is 0 Å². The molecular formula is C19H24N2O2. The van der Waals surface area contributed by atoms with Gasteiger partial charge in [0, 0.05) is 42.3 Å². The Labute approximate surface area is 136 Å². The Hall–Kier alpha value is -1.36. The third-order valence-corrected chi connectivity index (χ3v) is 6.99. The molecule has 1 aliphatic carbocycles. The highest BCUT2D eigenvalue weighted by Crippen LogP contribution is 2.60. The van der Waals surface area contributed by atoms with Crippen LogP contribution in [0.15, 0.2) is 35.9 Å². The molecule has 1 spiro atoms. The molecule has 5 atom stereocenters. The maximum atomic E-state index is 10.2. The molecule has 0 unspecified atom stereocenters. The van der Waals surface area contributed by atoms with Gasteiger partial charge in [-0.15, -0.1) is 0 Å². The highest BCUT2D eigenvalue weighted by Gasteiger charge is 2.64. The number of anilines is 1. The minimum atomic E-state index is 0.103. The zero-order valence-corrected chi connectivity index (χ0v) is 13.3. The average molecular weight is 312 g/mol. The lowest BCUT2D eigenvalue weighted by Gasteiger charge is -2.54. The van der Waals surface area contributed by atoms with Crippen molar-refractivity contribution < 1.29 is 10.2 Å². The zero-order valence-electron chi connectivity index (χ0n) is 13.3. The molecule has 0 amide bonds. The van der Waals surface area contributed by atoms with E-state index in [1.807, 2.05) is 6.08 Å². The Morgan fingerprint density at radius 2 is 2.17 bits per heavy atom. The Morgan fingerprint density at radius 1 is 1.30 bits per heavy atom. The van der Waals surface area contributed by atoms with Crippen molar-refractivity contribution >= 4 is 5.69 Å². The monoisotopic (exact) mass is 312 g/mol. The molecule has 5 rings (SSSR count). The van der Waals surface area contributed by atoms with Crippen molar-refractivity contribution in [1.82, 2.24) is 4.90 Å². The lowest BCUT2D eigenvalue weighted by atomic mass is 9.56. The van der Waals surface area contributed by atoms with E-state index in [2.05, 4.69) is 34.5 Å². The lowest BCUT2D eigenvalue weighted by molar-refractivity contribution is 0.0294. The highest BCUT2D eigenvalue weighted by molar-refractivity contribution is 5.65. The van der Waals surface area contributed by atoms with E-state index < -0.39 is 0 Å². The first-order chi connectivity index (χ1) is 11.3. The number of fused-ring (bicyclic) bond motifs is 2. The van der Waals surface area contributed by atoms with E-state index in [9.17, 15) is 10.2 Å². The molecule has 3 heterocycles. The van der Waals surface area contributed by atoms with Gasteiger partial charge in [0.05, 0.1) is 6.61 Å². The molecule has 122 valence electrons. The molecule has 3 N–H and O–H groups in total. The fourth-order valence-corrected chi connectivity index (χ4v) is 6.16. The van der Waals surface area contributed by atoms with Crippen LogP contribution in [0.1, 0.15) is 18.4 Å². The minimum Gasteiger partial charge on any atom is -0.396 e. The van der Waals surface area contributed by atoms with Crippen molar-refractivity contribution in [3.8, 4) is 0 Å². The summed E-state index contributed by atoms with van der Waals surface area (Å²) >= 11 is 0. The first-order valence-electron chi connectivity index (χ1n) is 8.80. The van der Waals surface area contributed by atoms with Crippen molar-refractivity contribution in [2.24, 2.45) is 11.8 Å². The number of benzene rings is 1. The first-order valence-corrected chi connectivity index (χ1v) is 8.80. The summed E-state index contributed by atoms with van der Waals surface area (Å²) in [5.74, 6) is 0.628. The van der Waals surface area contributed by atoms with E-state index in [0.29, 0.717) is 18.0 Å². The molecule has 3 aliphatic heterocycles. The van der Waals surface area contributed by atoms with Crippen molar-refractivity contribution in [3.05, 3.63) is 41.5 Å². The second-order valence-electron chi connectivity index (χ2n) is 7.59. The molecule has 0 radical (unpaired) electrons. The third kappa shape index (κ3) is 1.61. The van der Waals surface area contributed by atoms with Crippen LogP contribution in [-0.4, -0.2) is 53.5 Å². The number of hydrogen-bond acceptors (Lipinski definition) is 4. The maximum Gasteiger partial charge on any atom is 0.0615 e.